The third-order valence-corrected chi connectivity index (χ3v) is 5.11. The predicted molar refractivity (Wildman–Crippen MR) is 90.8 cm³/mol. The molecule has 0 aliphatic heterocycles. The number of halogens is 1. The van der Waals surface area contributed by atoms with Crippen molar-refractivity contribution in [1.29, 1.82) is 0 Å². The molecule has 2 rings (SSSR count). The first kappa shape index (κ1) is 16.9. The maximum absolute atomic E-state index is 12.1. The predicted octanol–water partition coefficient (Wildman–Crippen LogP) is 3.85. The Labute approximate surface area is 142 Å². The highest BCUT2D eigenvalue weighted by Crippen LogP contribution is 2.36. The van der Waals surface area contributed by atoms with Gasteiger partial charge >= 0.3 is 0 Å². The van der Waals surface area contributed by atoms with Gasteiger partial charge in [0.2, 0.25) is 5.91 Å². The van der Waals surface area contributed by atoms with Crippen molar-refractivity contribution in [2.24, 2.45) is 0 Å². The lowest BCUT2D eigenvalue weighted by atomic mass is 10.2. The standard InChI is InChI=1S/C14H15ClN2O3S2/c1-8-6-21-14(16-8)22-7-13(18)17-10-5-11(19-2)9(15)4-12(10)20-3/h4-6H,7H2,1-3H3,(H,17,18). The first-order valence-electron chi connectivity index (χ1n) is 6.29. The number of ether oxygens (including phenoxy) is 2. The molecule has 1 heterocycles. The van der Waals surface area contributed by atoms with Crippen molar-refractivity contribution in [1.82, 2.24) is 4.98 Å². The number of thiazole rings is 1. The van der Waals surface area contributed by atoms with Gasteiger partial charge in [-0.15, -0.1) is 11.3 Å². The van der Waals surface area contributed by atoms with Gasteiger partial charge in [-0.05, 0) is 6.92 Å². The van der Waals surface area contributed by atoms with E-state index in [1.54, 1.807) is 12.1 Å². The Kier molecular flexibility index (Phi) is 5.93. The number of anilines is 1. The summed E-state index contributed by atoms with van der Waals surface area (Å²) in [7, 11) is 3.03. The van der Waals surface area contributed by atoms with E-state index in [9.17, 15) is 4.79 Å². The maximum Gasteiger partial charge on any atom is 0.234 e. The highest BCUT2D eigenvalue weighted by atomic mass is 35.5. The molecule has 0 spiro atoms. The molecule has 0 fully saturated rings. The third kappa shape index (κ3) is 4.28. The number of methoxy groups -OCH3 is 2. The van der Waals surface area contributed by atoms with Gasteiger partial charge in [0.1, 0.15) is 11.5 Å². The minimum atomic E-state index is -0.152. The Morgan fingerprint density at radius 3 is 2.68 bits per heavy atom. The molecule has 0 aliphatic carbocycles. The minimum absolute atomic E-state index is 0.152. The van der Waals surface area contributed by atoms with Crippen molar-refractivity contribution < 1.29 is 14.3 Å². The molecule has 0 bridgehead atoms. The van der Waals surface area contributed by atoms with Gasteiger partial charge in [0.05, 0.1) is 30.7 Å². The molecule has 5 nitrogen and oxygen atoms in total. The van der Waals surface area contributed by atoms with Crippen LogP contribution in [-0.4, -0.2) is 30.9 Å². The quantitative estimate of drug-likeness (QED) is 0.795. The van der Waals surface area contributed by atoms with Crippen LogP contribution in [0.5, 0.6) is 11.5 Å². The van der Waals surface area contributed by atoms with Gasteiger partial charge in [0.25, 0.3) is 0 Å². The van der Waals surface area contributed by atoms with E-state index < -0.39 is 0 Å². The zero-order valence-electron chi connectivity index (χ0n) is 12.3. The van der Waals surface area contributed by atoms with Crippen molar-refractivity contribution in [3.63, 3.8) is 0 Å². The number of carbonyl (C=O) groups is 1. The molecule has 0 saturated carbocycles. The summed E-state index contributed by atoms with van der Waals surface area (Å²) in [5.41, 5.74) is 1.47. The minimum Gasteiger partial charge on any atom is -0.495 e. The summed E-state index contributed by atoms with van der Waals surface area (Å²) in [6.07, 6.45) is 0. The molecule has 0 saturated heterocycles. The average Bonchev–Trinajstić information content (AvgIpc) is 2.92. The number of aromatic nitrogens is 1. The lowest BCUT2D eigenvalue weighted by Crippen LogP contribution is -2.14. The van der Waals surface area contributed by atoms with Crippen LogP contribution in [0.1, 0.15) is 5.69 Å². The second-order valence-corrected chi connectivity index (χ2v) is 6.77. The Balaban J connectivity index is 2.04. The molecule has 1 aromatic heterocycles. The van der Waals surface area contributed by atoms with E-state index in [1.807, 2.05) is 12.3 Å². The number of aryl methyl sites for hydroxylation is 1. The first-order valence-corrected chi connectivity index (χ1v) is 8.54. The molecule has 22 heavy (non-hydrogen) atoms. The van der Waals surface area contributed by atoms with Crippen molar-refractivity contribution >= 4 is 46.3 Å². The summed E-state index contributed by atoms with van der Waals surface area (Å²) in [6, 6.07) is 3.24. The molecule has 2 aromatic rings. The number of rotatable bonds is 6. The summed E-state index contributed by atoms with van der Waals surface area (Å²) in [5, 5.41) is 5.17. The number of carbonyl (C=O) groups excluding carboxylic acids is 1. The van der Waals surface area contributed by atoms with Crippen molar-refractivity contribution in [2.75, 3.05) is 25.3 Å². The summed E-state index contributed by atoms with van der Waals surface area (Å²) >= 11 is 8.95. The fraction of sp³-hybridized carbons (Fsp3) is 0.286. The van der Waals surface area contributed by atoms with E-state index in [-0.39, 0.29) is 11.7 Å². The molecule has 0 atom stereocenters. The van der Waals surface area contributed by atoms with Crippen LogP contribution in [0.15, 0.2) is 21.9 Å². The number of amides is 1. The van der Waals surface area contributed by atoms with Gasteiger partial charge in [-0.25, -0.2) is 4.98 Å². The van der Waals surface area contributed by atoms with Gasteiger partial charge in [0, 0.05) is 23.2 Å². The zero-order chi connectivity index (χ0) is 16.1. The smallest absolute Gasteiger partial charge is 0.234 e. The van der Waals surface area contributed by atoms with E-state index in [4.69, 9.17) is 21.1 Å². The number of benzene rings is 1. The Bertz CT molecular complexity index is 676. The highest BCUT2D eigenvalue weighted by molar-refractivity contribution is 8.01. The largest absolute Gasteiger partial charge is 0.495 e. The molecule has 1 aromatic carbocycles. The molecule has 0 unspecified atom stereocenters. The van der Waals surface area contributed by atoms with E-state index in [1.165, 1.54) is 37.3 Å². The van der Waals surface area contributed by atoms with E-state index in [0.29, 0.717) is 22.2 Å². The van der Waals surface area contributed by atoms with Gasteiger partial charge in [0.15, 0.2) is 4.34 Å². The van der Waals surface area contributed by atoms with Crippen LogP contribution in [-0.2, 0) is 4.79 Å². The summed E-state index contributed by atoms with van der Waals surface area (Å²) < 4.78 is 11.2. The summed E-state index contributed by atoms with van der Waals surface area (Å²) in [4.78, 5) is 16.4. The number of thioether (sulfide) groups is 1. The lowest BCUT2D eigenvalue weighted by molar-refractivity contribution is -0.113. The molecule has 8 heteroatoms. The van der Waals surface area contributed by atoms with Crippen molar-refractivity contribution in [3.05, 3.63) is 28.2 Å². The topological polar surface area (TPSA) is 60.5 Å². The van der Waals surface area contributed by atoms with Crippen molar-refractivity contribution in [2.45, 2.75) is 11.3 Å². The van der Waals surface area contributed by atoms with Gasteiger partial charge in [-0.3, -0.25) is 4.79 Å². The molecule has 1 amide bonds. The third-order valence-electron chi connectivity index (χ3n) is 2.67. The molecular weight excluding hydrogens is 344 g/mol. The van der Waals surface area contributed by atoms with Crippen LogP contribution < -0.4 is 14.8 Å². The molecule has 1 N–H and O–H groups in total. The monoisotopic (exact) mass is 358 g/mol. The normalized spacial score (nSPS) is 10.4. The van der Waals surface area contributed by atoms with Crippen LogP contribution in [0.25, 0.3) is 0 Å². The van der Waals surface area contributed by atoms with Crippen molar-refractivity contribution in [3.8, 4) is 11.5 Å². The Morgan fingerprint density at radius 2 is 2.09 bits per heavy atom. The van der Waals surface area contributed by atoms with Crippen LogP contribution in [0.2, 0.25) is 5.02 Å². The number of hydrogen-bond donors (Lipinski definition) is 1. The first-order chi connectivity index (χ1) is 10.5. The van der Waals surface area contributed by atoms with Gasteiger partial charge in [-0.1, -0.05) is 23.4 Å². The second-order valence-electron chi connectivity index (χ2n) is 4.28. The fourth-order valence-electron chi connectivity index (χ4n) is 1.67. The fourth-order valence-corrected chi connectivity index (χ4v) is 3.55. The second kappa shape index (κ2) is 7.71. The maximum atomic E-state index is 12.1. The van der Waals surface area contributed by atoms with E-state index in [2.05, 4.69) is 10.3 Å². The summed E-state index contributed by atoms with van der Waals surface area (Å²) in [6.45, 7) is 1.92. The number of nitrogens with zero attached hydrogens (tertiary/aromatic N) is 1. The van der Waals surface area contributed by atoms with E-state index in [0.717, 1.165) is 10.0 Å². The SMILES string of the molecule is COc1cc(NC(=O)CSc2nc(C)cs2)c(OC)cc1Cl. The summed E-state index contributed by atoms with van der Waals surface area (Å²) in [5.74, 6) is 1.07. The van der Waals surface area contributed by atoms with Crippen LogP contribution in [0.3, 0.4) is 0 Å². The van der Waals surface area contributed by atoms with Gasteiger partial charge < -0.3 is 14.8 Å². The molecular formula is C14H15ClN2O3S2. The highest BCUT2D eigenvalue weighted by Gasteiger charge is 2.13. The Hall–Kier alpha value is -1.44. The van der Waals surface area contributed by atoms with Gasteiger partial charge in [-0.2, -0.15) is 0 Å². The van der Waals surface area contributed by atoms with E-state index >= 15 is 0 Å². The average molecular weight is 359 g/mol. The molecule has 0 aliphatic rings. The van der Waals surface area contributed by atoms with Crippen LogP contribution in [0.4, 0.5) is 5.69 Å². The number of hydrogen-bond acceptors (Lipinski definition) is 6. The lowest BCUT2D eigenvalue weighted by Gasteiger charge is -2.12. The Morgan fingerprint density at radius 1 is 1.36 bits per heavy atom. The zero-order valence-corrected chi connectivity index (χ0v) is 14.7. The molecule has 0 radical (unpaired) electrons. The van der Waals surface area contributed by atoms with Crippen LogP contribution in [0, 0.1) is 6.92 Å². The number of nitrogens with one attached hydrogen (secondary N) is 1. The molecule has 118 valence electrons. The van der Waals surface area contributed by atoms with Crippen LogP contribution >= 0.6 is 34.7 Å².